The van der Waals surface area contributed by atoms with Crippen molar-refractivity contribution < 1.29 is 18.7 Å². The number of carboxylic acid groups (broad SMARTS) is 1. The van der Waals surface area contributed by atoms with E-state index in [0.29, 0.717) is 12.5 Å². The van der Waals surface area contributed by atoms with E-state index < -0.39 is 23.2 Å². The second-order valence-electron chi connectivity index (χ2n) is 4.18. The van der Waals surface area contributed by atoms with Crippen LogP contribution in [-0.4, -0.2) is 17.6 Å². The lowest BCUT2D eigenvalue weighted by Gasteiger charge is -2.15. The van der Waals surface area contributed by atoms with Crippen LogP contribution in [0.4, 0.5) is 14.5 Å². The minimum Gasteiger partial charge on any atom is -0.478 e. The van der Waals surface area contributed by atoms with Crippen molar-refractivity contribution in [2.24, 2.45) is 5.92 Å². The summed E-state index contributed by atoms with van der Waals surface area (Å²) in [5.41, 5.74) is -0.648. The Morgan fingerprint density at radius 3 is 2.17 bits per heavy atom. The maximum atomic E-state index is 13.6. The lowest BCUT2D eigenvalue weighted by atomic mass is 10.0. The van der Waals surface area contributed by atoms with Gasteiger partial charge in [-0.25, -0.2) is 13.6 Å². The summed E-state index contributed by atoms with van der Waals surface area (Å²) < 4.78 is 27.1. The quantitative estimate of drug-likeness (QED) is 0.819. The molecule has 100 valence electrons. The average Bonchev–Trinajstić information content (AvgIpc) is 2.32. The van der Waals surface area contributed by atoms with Crippen LogP contribution in [0.5, 0.6) is 0 Å². The van der Waals surface area contributed by atoms with Crippen LogP contribution in [0.2, 0.25) is 0 Å². The molecule has 5 heteroatoms. The van der Waals surface area contributed by atoms with Crippen LogP contribution in [-0.2, 0) is 0 Å². The molecule has 0 aliphatic heterocycles. The van der Waals surface area contributed by atoms with E-state index in [1.165, 1.54) is 0 Å². The highest BCUT2D eigenvalue weighted by molar-refractivity contribution is 5.88. The van der Waals surface area contributed by atoms with Crippen LogP contribution in [0.25, 0.3) is 0 Å². The summed E-state index contributed by atoms with van der Waals surface area (Å²) >= 11 is 0. The Balaban J connectivity index is 2.87. The lowest BCUT2D eigenvalue weighted by molar-refractivity contribution is 0.0696. The molecular formula is C13H17F2NO2. The second kappa shape index (κ2) is 6.33. The van der Waals surface area contributed by atoms with Crippen molar-refractivity contribution in [1.29, 1.82) is 0 Å². The number of halogens is 2. The highest BCUT2D eigenvalue weighted by Gasteiger charge is 2.15. The number of hydrogen-bond donors (Lipinski definition) is 2. The molecule has 2 N–H and O–H groups in total. The monoisotopic (exact) mass is 257 g/mol. The van der Waals surface area contributed by atoms with Gasteiger partial charge < -0.3 is 10.4 Å². The molecule has 0 aromatic heterocycles. The summed E-state index contributed by atoms with van der Waals surface area (Å²) in [6, 6.07) is 1.64. The van der Waals surface area contributed by atoms with Gasteiger partial charge in [0.15, 0.2) is 0 Å². The van der Waals surface area contributed by atoms with Crippen LogP contribution in [0.3, 0.4) is 0 Å². The normalized spacial score (nSPS) is 10.7. The Morgan fingerprint density at radius 1 is 1.28 bits per heavy atom. The average molecular weight is 257 g/mol. The smallest absolute Gasteiger partial charge is 0.335 e. The Morgan fingerprint density at radius 2 is 1.78 bits per heavy atom. The molecule has 0 amide bonds. The molecule has 0 radical (unpaired) electrons. The van der Waals surface area contributed by atoms with E-state index in [4.69, 9.17) is 5.11 Å². The Kier molecular flexibility index (Phi) is 5.07. The van der Waals surface area contributed by atoms with E-state index in [0.717, 1.165) is 25.0 Å². The van der Waals surface area contributed by atoms with E-state index in [2.05, 4.69) is 5.32 Å². The predicted molar refractivity (Wildman–Crippen MR) is 65.9 cm³/mol. The van der Waals surface area contributed by atoms with E-state index in [1.54, 1.807) is 0 Å². The largest absolute Gasteiger partial charge is 0.478 e. The Hall–Kier alpha value is -1.65. The molecule has 0 fully saturated rings. The zero-order chi connectivity index (χ0) is 13.7. The number of aromatic carboxylic acids is 1. The van der Waals surface area contributed by atoms with Gasteiger partial charge in [0.2, 0.25) is 0 Å². The van der Waals surface area contributed by atoms with Gasteiger partial charge in [0.05, 0.1) is 5.56 Å². The van der Waals surface area contributed by atoms with Gasteiger partial charge in [-0.05, 0) is 18.1 Å². The van der Waals surface area contributed by atoms with Gasteiger partial charge in [0.1, 0.15) is 17.3 Å². The van der Waals surface area contributed by atoms with Gasteiger partial charge in [-0.1, -0.05) is 26.7 Å². The molecule has 0 saturated carbocycles. The van der Waals surface area contributed by atoms with Gasteiger partial charge in [0.25, 0.3) is 0 Å². The van der Waals surface area contributed by atoms with Crippen molar-refractivity contribution in [3.8, 4) is 0 Å². The van der Waals surface area contributed by atoms with Crippen molar-refractivity contribution in [2.75, 3.05) is 11.9 Å². The number of rotatable bonds is 6. The third-order valence-electron chi connectivity index (χ3n) is 3.01. The van der Waals surface area contributed by atoms with Crippen LogP contribution in [0, 0.1) is 17.6 Å². The maximum absolute atomic E-state index is 13.6. The van der Waals surface area contributed by atoms with Crippen molar-refractivity contribution in [3.05, 3.63) is 29.3 Å². The molecule has 1 aromatic carbocycles. The number of hydrogen-bond acceptors (Lipinski definition) is 2. The van der Waals surface area contributed by atoms with Crippen molar-refractivity contribution in [2.45, 2.75) is 26.7 Å². The first-order valence-corrected chi connectivity index (χ1v) is 5.95. The topological polar surface area (TPSA) is 49.3 Å². The number of anilines is 1. The minimum atomic E-state index is -1.35. The molecule has 0 spiro atoms. The van der Waals surface area contributed by atoms with Gasteiger partial charge >= 0.3 is 5.97 Å². The van der Waals surface area contributed by atoms with Crippen molar-refractivity contribution in [3.63, 3.8) is 0 Å². The number of benzene rings is 1. The highest BCUT2D eigenvalue weighted by Crippen LogP contribution is 2.22. The second-order valence-corrected chi connectivity index (χ2v) is 4.18. The van der Waals surface area contributed by atoms with E-state index in [9.17, 15) is 13.6 Å². The summed E-state index contributed by atoms with van der Waals surface area (Å²) in [4.78, 5) is 10.6. The molecular weight excluding hydrogens is 240 g/mol. The standard InChI is InChI=1S/C13H17F2NO2/c1-3-8(4-2)7-16-12-10(14)5-9(13(17)18)6-11(12)15/h5-6,8,16H,3-4,7H2,1-2H3,(H,17,18). The summed E-state index contributed by atoms with van der Waals surface area (Å²) in [5.74, 6) is -2.76. The third kappa shape index (κ3) is 3.42. The Labute approximate surface area is 105 Å². The molecule has 0 atom stereocenters. The fourth-order valence-corrected chi connectivity index (χ4v) is 1.69. The molecule has 0 bridgehead atoms. The zero-order valence-electron chi connectivity index (χ0n) is 10.5. The van der Waals surface area contributed by atoms with Crippen LogP contribution < -0.4 is 5.32 Å². The van der Waals surface area contributed by atoms with Gasteiger partial charge in [-0.3, -0.25) is 0 Å². The lowest BCUT2D eigenvalue weighted by Crippen LogP contribution is -2.15. The predicted octanol–water partition coefficient (Wildman–Crippen LogP) is 3.51. The van der Waals surface area contributed by atoms with E-state index in [-0.39, 0.29) is 5.69 Å². The zero-order valence-corrected chi connectivity index (χ0v) is 10.5. The highest BCUT2D eigenvalue weighted by atomic mass is 19.1. The summed E-state index contributed by atoms with van der Waals surface area (Å²) in [6.07, 6.45) is 1.83. The summed E-state index contributed by atoms with van der Waals surface area (Å²) in [5, 5.41) is 11.4. The third-order valence-corrected chi connectivity index (χ3v) is 3.01. The molecule has 0 unspecified atom stereocenters. The molecule has 0 heterocycles. The first-order valence-electron chi connectivity index (χ1n) is 5.95. The van der Waals surface area contributed by atoms with Crippen molar-refractivity contribution in [1.82, 2.24) is 0 Å². The molecule has 18 heavy (non-hydrogen) atoms. The van der Waals surface area contributed by atoms with Gasteiger partial charge in [-0.2, -0.15) is 0 Å². The maximum Gasteiger partial charge on any atom is 0.335 e. The Bertz CT molecular complexity index is 408. The minimum absolute atomic E-state index is 0.257. The first-order chi connectivity index (χ1) is 8.49. The number of carboxylic acids is 1. The fourth-order valence-electron chi connectivity index (χ4n) is 1.69. The van der Waals surface area contributed by atoms with Gasteiger partial charge in [0, 0.05) is 6.54 Å². The number of carbonyl (C=O) groups is 1. The van der Waals surface area contributed by atoms with E-state index >= 15 is 0 Å². The molecule has 3 nitrogen and oxygen atoms in total. The number of nitrogens with one attached hydrogen (secondary N) is 1. The molecule has 0 aliphatic rings. The van der Waals surface area contributed by atoms with Crippen LogP contribution >= 0.6 is 0 Å². The molecule has 0 saturated heterocycles. The SMILES string of the molecule is CCC(CC)CNc1c(F)cc(C(=O)O)cc1F. The molecule has 1 aromatic rings. The van der Waals surface area contributed by atoms with E-state index in [1.807, 2.05) is 13.8 Å². The van der Waals surface area contributed by atoms with Crippen LogP contribution in [0.15, 0.2) is 12.1 Å². The fraction of sp³-hybridized carbons (Fsp3) is 0.462. The van der Waals surface area contributed by atoms with Crippen molar-refractivity contribution >= 4 is 11.7 Å². The summed E-state index contributed by atoms with van der Waals surface area (Å²) in [6.45, 7) is 4.49. The van der Waals surface area contributed by atoms with Crippen LogP contribution in [0.1, 0.15) is 37.0 Å². The van der Waals surface area contributed by atoms with Gasteiger partial charge in [-0.15, -0.1) is 0 Å². The first kappa shape index (κ1) is 14.4. The molecule has 0 aliphatic carbocycles. The molecule has 1 rings (SSSR count). The summed E-state index contributed by atoms with van der Waals surface area (Å²) in [7, 11) is 0.